The molecular weight excluding hydrogens is 635 g/mol. The molecule has 0 radical (unpaired) electrons. The Bertz CT molecular complexity index is 2930. The molecule has 52 heavy (non-hydrogen) atoms. The summed E-state index contributed by atoms with van der Waals surface area (Å²) < 4.78 is 13.2. The molecule has 0 bridgehead atoms. The van der Waals surface area contributed by atoms with Crippen LogP contribution in [0.4, 0.5) is 17.1 Å². The van der Waals surface area contributed by atoms with Gasteiger partial charge >= 0.3 is 0 Å². The molecule has 0 amide bonds. The highest BCUT2D eigenvalue weighted by molar-refractivity contribution is 6.16. The van der Waals surface area contributed by atoms with E-state index in [9.17, 15) is 0 Å². The fourth-order valence-electron chi connectivity index (χ4n) is 8.83. The topological polar surface area (TPSA) is 29.5 Å². The van der Waals surface area contributed by atoms with Crippen LogP contribution in [0.5, 0.6) is 0 Å². The maximum atomic E-state index is 6.72. The van der Waals surface area contributed by atoms with Crippen molar-refractivity contribution < 1.29 is 8.83 Å². The van der Waals surface area contributed by atoms with Gasteiger partial charge in [-0.1, -0.05) is 146 Å². The van der Waals surface area contributed by atoms with Crippen LogP contribution in [0.1, 0.15) is 22.3 Å². The molecule has 0 unspecified atom stereocenters. The predicted octanol–water partition coefficient (Wildman–Crippen LogP) is 13.3. The van der Waals surface area contributed by atoms with Gasteiger partial charge in [0.15, 0.2) is 5.58 Å². The molecule has 3 nitrogen and oxygen atoms in total. The monoisotopic (exact) mass is 665 g/mol. The Hall–Kier alpha value is -6.84. The zero-order valence-electron chi connectivity index (χ0n) is 28.2. The highest BCUT2D eigenvalue weighted by Crippen LogP contribution is 2.57. The smallest absolute Gasteiger partial charge is 0.159 e. The van der Waals surface area contributed by atoms with E-state index in [-0.39, 0.29) is 0 Å². The van der Waals surface area contributed by atoms with Gasteiger partial charge in [0.25, 0.3) is 0 Å². The molecule has 2 heterocycles. The Morgan fingerprint density at radius 1 is 0.385 bits per heavy atom. The summed E-state index contributed by atoms with van der Waals surface area (Å²) in [6.07, 6.45) is 0. The molecule has 2 aromatic heterocycles. The van der Waals surface area contributed by atoms with Gasteiger partial charge < -0.3 is 13.7 Å². The molecular formula is C49H31NO2. The average molecular weight is 666 g/mol. The first kappa shape index (κ1) is 28.9. The van der Waals surface area contributed by atoms with Gasteiger partial charge in [-0.05, 0) is 75.8 Å². The van der Waals surface area contributed by atoms with Crippen LogP contribution >= 0.6 is 0 Å². The van der Waals surface area contributed by atoms with E-state index in [4.69, 9.17) is 8.83 Å². The highest BCUT2D eigenvalue weighted by atomic mass is 16.3. The molecule has 0 spiro atoms. The summed E-state index contributed by atoms with van der Waals surface area (Å²) in [6, 6.07) is 67.2. The lowest BCUT2D eigenvalue weighted by atomic mass is 9.68. The van der Waals surface area contributed by atoms with Gasteiger partial charge in [-0.15, -0.1) is 0 Å². The van der Waals surface area contributed by atoms with E-state index in [2.05, 4.69) is 169 Å². The summed E-state index contributed by atoms with van der Waals surface area (Å²) in [4.78, 5) is 2.36. The van der Waals surface area contributed by atoms with Crippen LogP contribution in [0.15, 0.2) is 197 Å². The molecule has 244 valence electrons. The van der Waals surface area contributed by atoms with Gasteiger partial charge in [-0.2, -0.15) is 0 Å². The quantitative estimate of drug-likeness (QED) is 0.183. The molecule has 0 saturated carbocycles. The second kappa shape index (κ2) is 11.1. The summed E-state index contributed by atoms with van der Waals surface area (Å²) >= 11 is 0. The number of para-hydroxylation sites is 3. The molecule has 3 heteroatoms. The van der Waals surface area contributed by atoms with Crippen molar-refractivity contribution in [2.24, 2.45) is 0 Å². The van der Waals surface area contributed by atoms with E-state index in [0.29, 0.717) is 0 Å². The minimum atomic E-state index is -0.475. The number of furan rings is 2. The van der Waals surface area contributed by atoms with Crippen LogP contribution in [0.25, 0.3) is 55.0 Å². The Balaban J connectivity index is 1.24. The lowest BCUT2D eigenvalue weighted by molar-refractivity contribution is 0.668. The van der Waals surface area contributed by atoms with E-state index in [1.165, 1.54) is 33.4 Å². The van der Waals surface area contributed by atoms with Gasteiger partial charge in [0.2, 0.25) is 0 Å². The van der Waals surface area contributed by atoms with Crippen molar-refractivity contribution >= 4 is 60.9 Å². The van der Waals surface area contributed by atoms with E-state index in [1.807, 2.05) is 24.3 Å². The minimum absolute atomic E-state index is 0.475. The van der Waals surface area contributed by atoms with Gasteiger partial charge in [-0.3, -0.25) is 0 Å². The number of benzene rings is 8. The fourth-order valence-corrected chi connectivity index (χ4v) is 8.83. The van der Waals surface area contributed by atoms with E-state index >= 15 is 0 Å². The van der Waals surface area contributed by atoms with Crippen LogP contribution < -0.4 is 4.90 Å². The fraction of sp³-hybridized carbons (Fsp3) is 0.0204. The summed E-state index contributed by atoms with van der Waals surface area (Å²) in [5, 5.41) is 4.33. The van der Waals surface area contributed by atoms with Crippen molar-refractivity contribution in [1.82, 2.24) is 0 Å². The van der Waals surface area contributed by atoms with Crippen molar-refractivity contribution in [3.63, 3.8) is 0 Å². The van der Waals surface area contributed by atoms with Crippen LogP contribution in [0, 0.1) is 0 Å². The van der Waals surface area contributed by atoms with Crippen molar-refractivity contribution in [3.05, 3.63) is 210 Å². The molecule has 0 fully saturated rings. The zero-order chi connectivity index (χ0) is 34.2. The van der Waals surface area contributed by atoms with Crippen LogP contribution in [-0.2, 0) is 5.41 Å². The van der Waals surface area contributed by atoms with E-state index < -0.39 is 5.41 Å². The van der Waals surface area contributed by atoms with Gasteiger partial charge in [0, 0.05) is 21.8 Å². The first-order valence-corrected chi connectivity index (χ1v) is 17.8. The number of fused-ring (bicyclic) bond motifs is 9. The van der Waals surface area contributed by atoms with Crippen LogP contribution in [0.3, 0.4) is 0 Å². The number of hydrogen-bond acceptors (Lipinski definition) is 3. The SMILES string of the molecule is c1ccc(C2(c3ccccc3)c3ccccc3-c3cc(N(c4cccc5c4oc4ccccc45)c4cccc5oc6ccccc6c45)ccc32)cc1. The molecule has 1 aliphatic carbocycles. The number of nitrogens with zero attached hydrogens (tertiary/aromatic N) is 1. The molecule has 11 rings (SSSR count). The Morgan fingerprint density at radius 3 is 1.75 bits per heavy atom. The number of rotatable bonds is 5. The summed E-state index contributed by atoms with van der Waals surface area (Å²) in [5.41, 5.74) is 13.5. The van der Waals surface area contributed by atoms with Crippen molar-refractivity contribution in [3.8, 4) is 11.1 Å². The highest BCUT2D eigenvalue weighted by Gasteiger charge is 2.46. The maximum absolute atomic E-state index is 6.72. The first-order chi connectivity index (χ1) is 25.8. The summed E-state index contributed by atoms with van der Waals surface area (Å²) in [6.45, 7) is 0. The third-order valence-corrected chi connectivity index (χ3v) is 10.9. The molecule has 10 aromatic rings. The third-order valence-electron chi connectivity index (χ3n) is 10.9. The second-order valence-electron chi connectivity index (χ2n) is 13.6. The Kier molecular flexibility index (Phi) is 6.17. The minimum Gasteiger partial charge on any atom is -0.456 e. The van der Waals surface area contributed by atoms with Crippen LogP contribution in [0.2, 0.25) is 0 Å². The van der Waals surface area contributed by atoms with E-state index in [0.717, 1.165) is 60.9 Å². The maximum Gasteiger partial charge on any atom is 0.159 e. The molecule has 0 saturated heterocycles. The number of anilines is 3. The predicted molar refractivity (Wildman–Crippen MR) is 213 cm³/mol. The first-order valence-electron chi connectivity index (χ1n) is 17.8. The molecule has 0 aliphatic heterocycles. The average Bonchev–Trinajstić information content (AvgIpc) is 3.88. The van der Waals surface area contributed by atoms with E-state index in [1.54, 1.807) is 0 Å². The van der Waals surface area contributed by atoms with Gasteiger partial charge in [0.1, 0.15) is 16.7 Å². The summed E-state index contributed by atoms with van der Waals surface area (Å²) in [5.74, 6) is 0. The standard InChI is InChI=1S/C49H31NO2/c1-3-15-32(16-4-1)49(33-17-5-2-6-18-33)40-23-10-7-19-35(40)39-31-34(29-30-41(39)49)50(42-24-14-28-46-47(42)38-21-9-12-27-45(38)51-46)43-25-13-22-37-36-20-8-11-26-44(36)52-48(37)43/h1-31H. The largest absolute Gasteiger partial charge is 0.456 e. The lowest BCUT2D eigenvalue weighted by Crippen LogP contribution is -2.28. The van der Waals surface area contributed by atoms with Crippen LogP contribution in [-0.4, -0.2) is 0 Å². The molecule has 0 N–H and O–H groups in total. The van der Waals surface area contributed by atoms with Gasteiger partial charge in [0.05, 0.1) is 22.2 Å². The normalized spacial score (nSPS) is 13.2. The second-order valence-corrected chi connectivity index (χ2v) is 13.6. The Labute approximate surface area is 300 Å². The zero-order valence-corrected chi connectivity index (χ0v) is 28.2. The van der Waals surface area contributed by atoms with Gasteiger partial charge in [-0.25, -0.2) is 0 Å². The lowest BCUT2D eigenvalue weighted by Gasteiger charge is -2.34. The Morgan fingerprint density at radius 2 is 0.962 bits per heavy atom. The third kappa shape index (κ3) is 3.96. The van der Waals surface area contributed by atoms with Crippen molar-refractivity contribution in [2.45, 2.75) is 5.41 Å². The number of hydrogen-bond donors (Lipinski definition) is 0. The summed E-state index contributed by atoms with van der Waals surface area (Å²) in [7, 11) is 0. The molecule has 1 aliphatic rings. The molecule has 0 atom stereocenters. The molecule has 8 aromatic carbocycles. The van der Waals surface area contributed by atoms with Crippen molar-refractivity contribution in [2.75, 3.05) is 4.90 Å². The van der Waals surface area contributed by atoms with Crippen molar-refractivity contribution in [1.29, 1.82) is 0 Å².